The van der Waals surface area contributed by atoms with Crippen molar-refractivity contribution in [2.24, 2.45) is 0 Å². The van der Waals surface area contributed by atoms with Gasteiger partial charge in [0.15, 0.2) is 0 Å². The molecule has 3 amide bonds. The predicted molar refractivity (Wildman–Crippen MR) is 121 cm³/mol. The van der Waals surface area contributed by atoms with Gasteiger partial charge in [-0.2, -0.15) is 0 Å². The maximum atomic E-state index is 13.0. The molecule has 31 heavy (non-hydrogen) atoms. The second-order valence-corrected chi connectivity index (χ2v) is 8.54. The van der Waals surface area contributed by atoms with Gasteiger partial charge in [0.2, 0.25) is 10.8 Å². The molecule has 0 aromatic heterocycles. The van der Waals surface area contributed by atoms with Gasteiger partial charge in [-0.05, 0) is 35.9 Å². The van der Waals surface area contributed by atoms with Crippen molar-refractivity contribution in [2.45, 2.75) is 11.4 Å². The summed E-state index contributed by atoms with van der Waals surface area (Å²) in [5.74, 6) is -0.357. The summed E-state index contributed by atoms with van der Waals surface area (Å²) >= 11 is 1.32. The minimum Gasteiger partial charge on any atom is -0.348 e. The van der Waals surface area contributed by atoms with E-state index in [1.807, 2.05) is 54.6 Å². The van der Waals surface area contributed by atoms with Gasteiger partial charge in [0, 0.05) is 29.0 Å². The third-order valence-electron chi connectivity index (χ3n) is 5.50. The van der Waals surface area contributed by atoms with E-state index in [4.69, 9.17) is 0 Å². The van der Waals surface area contributed by atoms with E-state index in [1.54, 1.807) is 29.2 Å². The minimum absolute atomic E-state index is 0.141. The largest absolute Gasteiger partial charge is 0.348 e. The summed E-state index contributed by atoms with van der Waals surface area (Å²) in [4.78, 5) is 38.8. The first-order valence-corrected chi connectivity index (χ1v) is 10.9. The molecule has 6 nitrogen and oxygen atoms in total. The number of amides is 3. The Hall–Kier alpha value is -3.58. The molecular formula is C24H19N3O3S. The molecule has 2 heterocycles. The summed E-state index contributed by atoms with van der Waals surface area (Å²) in [6.07, 6.45) is 0. The lowest BCUT2D eigenvalue weighted by molar-refractivity contribution is -0.122. The Morgan fingerprint density at radius 1 is 0.968 bits per heavy atom. The number of thioether (sulfide) groups is 1. The van der Waals surface area contributed by atoms with Crippen molar-refractivity contribution in [1.82, 2.24) is 5.32 Å². The van der Waals surface area contributed by atoms with E-state index < -0.39 is 4.87 Å². The van der Waals surface area contributed by atoms with Gasteiger partial charge in [-0.15, -0.1) is 11.8 Å². The zero-order valence-electron chi connectivity index (χ0n) is 16.5. The van der Waals surface area contributed by atoms with Crippen LogP contribution in [0.25, 0.3) is 0 Å². The Morgan fingerprint density at radius 3 is 2.45 bits per heavy atom. The van der Waals surface area contributed by atoms with E-state index in [9.17, 15) is 14.4 Å². The molecule has 2 aliphatic rings. The molecule has 5 rings (SSSR count). The topological polar surface area (TPSA) is 78.5 Å². The highest BCUT2D eigenvalue weighted by molar-refractivity contribution is 8.02. The first-order chi connectivity index (χ1) is 15.1. The van der Waals surface area contributed by atoms with Crippen LogP contribution in [0, 0.1) is 0 Å². The molecule has 0 bridgehead atoms. The van der Waals surface area contributed by atoms with Crippen molar-refractivity contribution >= 4 is 40.9 Å². The molecule has 1 saturated heterocycles. The number of nitrogens with one attached hydrogen (secondary N) is 2. The minimum atomic E-state index is -1.12. The third-order valence-corrected chi connectivity index (χ3v) is 6.90. The molecule has 0 aliphatic carbocycles. The molecule has 7 heteroatoms. The number of anilines is 2. The van der Waals surface area contributed by atoms with Crippen LogP contribution in [-0.4, -0.2) is 23.5 Å². The lowest BCUT2D eigenvalue weighted by Gasteiger charge is -2.32. The maximum Gasteiger partial charge on any atom is 0.266 e. The van der Waals surface area contributed by atoms with E-state index in [1.165, 1.54) is 11.8 Å². The van der Waals surface area contributed by atoms with Gasteiger partial charge in [-0.25, -0.2) is 0 Å². The van der Waals surface area contributed by atoms with Gasteiger partial charge in [-0.3, -0.25) is 19.3 Å². The molecule has 0 radical (unpaired) electrons. The van der Waals surface area contributed by atoms with Crippen molar-refractivity contribution in [2.75, 3.05) is 16.0 Å². The number of carbonyl (C=O) groups excluding carboxylic acids is 3. The summed E-state index contributed by atoms with van der Waals surface area (Å²) < 4.78 is 0. The first-order valence-electron chi connectivity index (χ1n) is 9.90. The van der Waals surface area contributed by atoms with E-state index >= 15 is 0 Å². The predicted octanol–water partition coefficient (Wildman–Crippen LogP) is 3.50. The summed E-state index contributed by atoms with van der Waals surface area (Å²) in [5, 5.41) is 5.79. The first kappa shape index (κ1) is 19.4. The maximum absolute atomic E-state index is 13.0. The summed E-state index contributed by atoms with van der Waals surface area (Å²) in [6.45, 7) is 0.433. The van der Waals surface area contributed by atoms with Crippen LogP contribution in [0.5, 0.6) is 0 Å². The Labute approximate surface area is 183 Å². The van der Waals surface area contributed by atoms with Crippen molar-refractivity contribution < 1.29 is 14.4 Å². The number of hydrogen-bond acceptors (Lipinski definition) is 4. The number of benzene rings is 3. The number of fused-ring (bicyclic) bond motifs is 2. The van der Waals surface area contributed by atoms with Gasteiger partial charge in [-0.1, -0.05) is 48.5 Å². The number of carbonyl (C=O) groups is 3. The molecule has 1 unspecified atom stereocenters. The van der Waals surface area contributed by atoms with Crippen molar-refractivity contribution in [3.63, 3.8) is 0 Å². The van der Waals surface area contributed by atoms with Crippen LogP contribution in [0.15, 0.2) is 78.9 Å². The molecule has 3 aromatic rings. The standard InChI is InChI=1S/C24H19N3O3S/c28-21-15-31-24(19-8-4-5-9-20(19)26-23(24)30)27(21)18-12-10-17(11-13-18)22(29)25-14-16-6-2-1-3-7-16/h1-13H,14-15H2,(H,25,29)(H,26,30). The van der Waals surface area contributed by atoms with Crippen LogP contribution in [0.3, 0.4) is 0 Å². The molecular weight excluding hydrogens is 410 g/mol. The quantitative estimate of drug-likeness (QED) is 0.665. The fourth-order valence-electron chi connectivity index (χ4n) is 4.02. The molecule has 3 aromatic carbocycles. The number of hydrogen-bond donors (Lipinski definition) is 2. The second kappa shape index (κ2) is 7.59. The van der Waals surface area contributed by atoms with Crippen LogP contribution in [0.4, 0.5) is 11.4 Å². The second-order valence-electron chi connectivity index (χ2n) is 7.38. The Morgan fingerprint density at radius 2 is 1.68 bits per heavy atom. The molecule has 1 fully saturated rings. The highest BCUT2D eigenvalue weighted by Crippen LogP contribution is 2.53. The summed E-state index contributed by atoms with van der Waals surface area (Å²) in [5.41, 5.74) is 3.59. The van der Waals surface area contributed by atoms with E-state index in [0.29, 0.717) is 17.8 Å². The molecule has 1 atom stereocenters. The Bertz CT molecular complexity index is 1180. The highest BCUT2D eigenvalue weighted by Gasteiger charge is 2.58. The van der Waals surface area contributed by atoms with Crippen LogP contribution in [0.2, 0.25) is 0 Å². The lowest BCUT2D eigenvalue weighted by Crippen LogP contribution is -2.47. The molecule has 0 saturated carbocycles. The average Bonchev–Trinajstić information content (AvgIpc) is 3.30. The number of rotatable bonds is 4. The molecule has 1 spiro atoms. The fraction of sp³-hybridized carbons (Fsp3) is 0.125. The van der Waals surface area contributed by atoms with Gasteiger partial charge >= 0.3 is 0 Å². The molecule has 154 valence electrons. The monoisotopic (exact) mass is 429 g/mol. The van der Waals surface area contributed by atoms with Gasteiger partial charge < -0.3 is 10.6 Å². The smallest absolute Gasteiger partial charge is 0.266 e. The number of para-hydroxylation sites is 1. The summed E-state index contributed by atoms with van der Waals surface area (Å²) in [7, 11) is 0. The van der Waals surface area contributed by atoms with Crippen molar-refractivity contribution in [1.29, 1.82) is 0 Å². The zero-order valence-corrected chi connectivity index (χ0v) is 17.3. The van der Waals surface area contributed by atoms with Crippen LogP contribution < -0.4 is 15.5 Å². The Kier molecular flexibility index (Phi) is 4.75. The summed E-state index contributed by atoms with van der Waals surface area (Å²) in [6, 6.07) is 23.9. The van der Waals surface area contributed by atoms with E-state index in [2.05, 4.69) is 10.6 Å². The van der Waals surface area contributed by atoms with E-state index in [-0.39, 0.29) is 23.5 Å². The fourth-order valence-corrected chi connectivity index (χ4v) is 5.33. The Balaban J connectivity index is 1.40. The molecule has 2 N–H and O–H groups in total. The lowest BCUT2D eigenvalue weighted by atomic mass is 10.0. The van der Waals surface area contributed by atoms with Gasteiger partial charge in [0.25, 0.3) is 11.8 Å². The van der Waals surface area contributed by atoms with Crippen LogP contribution in [0.1, 0.15) is 21.5 Å². The van der Waals surface area contributed by atoms with E-state index in [0.717, 1.165) is 16.8 Å². The van der Waals surface area contributed by atoms with Crippen LogP contribution >= 0.6 is 11.8 Å². The van der Waals surface area contributed by atoms with Crippen molar-refractivity contribution in [3.8, 4) is 0 Å². The van der Waals surface area contributed by atoms with Crippen molar-refractivity contribution in [3.05, 3.63) is 95.6 Å². The van der Waals surface area contributed by atoms with Gasteiger partial charge in [0.1, 0.15) is 0 Å². The van der Waals surface area contributed by atoms with Crippen LogP contribution in [-0.2, 0) is 21.0 Å². The molecule has 2 aliphatic heterocycles. The van der Waals surface area contributed by atoms with Gasteiger partial charge in [0.05, 0.1) is 5.75 Å². The SMILES string of the molecule is O=C(NCc1ccccc1)c1ccc(N2C(=O)CSC23C(=O)Nc2ccccc23)cc1. The zero-order chi connectivity index (χ0) is 21.4. The number of nitrogens with zero attached hydrogens (tertiary/aromatic N) is 1. The third kappa shape index (κ3) is 3.18. The highest BCUT2D eigenvalue weighted by atomic mass is 32.2. The average molecular weight is 430 g/mol. The normalized spacial score (nSPS) is 19.4.